The number of amides is 1. The Hall–Kier alpha value is -0.970. The molecule has 19 heavy (non-hydrogen) atoms. The van der Waals surface area contributed by atoms with E-state index < -0.39 is 0 Å². The summed E-state index contributed by atoms with van der Waals surface area (Å²) in [6.45, 7) is 0.695. The second-order valence-electron chi connectivity index (χ2n) is 3.92. The van der Waals surface area contributed by atoms with E-state index in [4.69, 9.17) is 11.6 Å². The predicted molar refractivity (Wildman–Crippen MR) is 83.2 cm³/mol. The second-order valence-corrected chi connectivity index (χ2v) is 6.44. The summed E-state index contributed by atoms with van der Waals surface area (Å²) in [4.78, 5) is 14.0. The Labute approximate surface area is 126 Å². The number of carbonyl (C=O) groups is 1. The first kappa shape index (κ1) is 14.4. The van der Waals surface area contributed by atoms with E-state index in [9.17, 15) is 4.79 Å². The molecule has 5 heteroatoms. The molecule has 0 aliphatic carbocycles. The minimum absolute atomic E-state index is 0.0662. The highest BCUT2D eigenvalue weighted by atomic mass is 35.5. The van der Waals surface area contributed by atoms with Crippen molar-refractivity contribution in [3.05, 3.63) is 51.7 Å². The summed E-state index contributed by atoms with van der Waals surface area (Å²) in [5.74, 6) is 0.503. The zero-order chi connectivity index (χ0) is 13.5. The number of benzene rings is 1. The number of thiophene rings is 1. The molecule has 0 bridgehead atoms. The van der Waals surface area contributed by atoms with Gasteiger partial charge in [0, 0.05) is 21.3 Å². The van der Waals surface area contributed by atoms with Gasteiger partial charge in [0.15, 0.2) is 0 Å². The van der Waals surface area contributed by atoms with Crippen LogP contribution in [0.4, 0.5) is 0 Å². The van der Waals surface area contributed by atoms with Gasteiger partial charge in [-0.05, 0) is 42.1 Å². The lowest BCUT2D eigenvalue weighted by molar-refractivity contribution is -0.118. The van der Waals surface area contributed by atoms with Gasteiger partial charge < -0.3 is 5.32 Å². The Kier molecular flexibility index (Phi) is 5.76. The molecular weight excluding hydrogens is 298 g/mol. The van der Waals surface area contributed by atoms with Gasteiger partial charge in [0.2, 0.25) is 5.91 Å². The third-order valence-electron chi connectivity index (χ3n) is 2.46. The van der Waals surface area contributed by atoms with Crippen molar-refractivity contribution in [3.8, 4) is 0 Å². The van der Waals surface area contributed by atoms with Gasteiger partial charge in [-0.3, -0.25) is 4.79 Å². The highest BCUT2D eigenvalue weighted by Gasteiger charge is 2.03. The van der Waals surface area contributed by atoms with Gasteiger partial charge in [-0.15, -0.1) is 23.1 Å². The predicted octanol–water partition coefficient (Wildman–Crippen LogP) is 3.85. The van der Waals surface area contributed by atoms with Gasteiger partial charge >= 0.3 is 0 Å². The van der Waals surface area contributed by atoms with Crippen LogP contribution in [-0.2, 0) is 11.2 Å². The monoisotopic (exact) mass is 311 g/mol. The number of hydrogen-bond acceptors (Lipinski definition) is 3. The molecule has 0 spiro atoms. The van der Waals surface area contributed by atoms with Crippen LogP contribution in [-0.4, -0.2) is 18.2 Å². The van der Waals surface area contributed by atoms with E-state index >= 15 is 0 Å². The smallest absolute Gasteiger partial charge is 0.230 e. The first-order valence-electron chi connectivity index (χ1n) is 5.91. The normalized spacial score (nSPS) is 10.4. The van der Waals surface area contributed by atoms with Crippen LogP contribution in [0.2, 0.25) is 5.02 Å². The van der Waals surface area contributed by atoms with E-state index in [1.165, 1.54) is 16.6 Å². The van der Waals surface area contributed by atoms with Crippen molar-refractivity contribution in [3.63, 3.8) is 0 Å². The standard InChI is InChI=1S/C14H14ClNOS2/c15-11-3-5-13(6-4-11)19-10-14(17)16-8-7-12-2-1-9-18-12/h1-6,9H,7-8,10H2,(H,16,17). The Morgan fingerprint density at radius 3 is 2.74 bits per heavy atom. The van der Waals surface area contributed by atoms with E-state index in [1.807, 2.05) is 35.7 Å². The van der Waals surface area contributed by atoms with Crippen LogP contribution in [0.25, 0.3) is 0 Å². The van der Waals surface area contributed by atoms with E-state index in [0.717, 1.165) is 11.3 Å². The maximum atomic E-state index is 11.7. The van der Waals surface area contributed by atoms with Crippen LogP contribution < -0.4 is 5.32 Å². The van der Waals surface area contributed by atoms with Crippen molar-refractivity contribution in [2.75, 3.05) is 12.3 Å². The lowest BCUT2D eigenvalue weighted by Crippen LogP contribution is -2.27. The van der Waals surface area contributed by atoms with Gasteiger partial charge in [0.1, 0.15) is 0 Å². The third-order valence-corrected chi connectivity index (χ3v) is 4.66. The molecule has 0 unspecified atom stereocenters. The molecule has 1 aromatic heterocycles. The van der Waals surface area contributed by atoms with Gasteiger partial charge in [0.25, 0.3) is 0 Å². The Morgan fingerprint density at radius 2 is 2.05 bits per heavy atom. The molecule has 0 fully saturated rings. The summed E-state index contributed by atoms with van der Waals surface area (Å²) < 4.78 is 0. The van der Waals surface area contributed by atoms with E-state index in [-0.39, 0.29) is 5.91 Å². The summed E-state index contributed by atoms with van der Waals surface area (Å²) in [5, 5.41) is 5.69. The first-order chi connectivity index (χ1) is 9.24. The van der Waals surface area contributed by atoms with Crippen LogP contribution in [0.1, 0.15) is 4.88 Å². The number of nitrogens with one attached hydrogen (secondary N) is 1. The molecule has 100 valence electrons. The zero-order valence-corrected chi connectivity index (χ0v) is 12.7. The maximum Gasteiger partial charge on any atom is 0.230 e. The fourth-order valence-electron chi connectivity index (χ4n) is 1.51. The number of rotatable bonds is 6. The van der Waals surface area contributed by atoms with E-state index in [2.05, 4.69) is 11.4 Å². The summed E-state index contributed by atoms with van der Waals surface area (Å²) in [7, 11) is 0. The number of halogens is 1. The third kappa shape index (κ3) is 5.27. The van der Waals surface area contributed by atoms with Crippen LogP contribution in [0, 0.1) is 0 Å². The van der Waals surface area contributed by atoms with Crippen molar-refractivity contribution in [2.45, 2.75) is 11.3 Å². The van der Waals surface area contributed by atoms with Crippen molar-refractivity contribution >= 4 is 40.6 Å². The molecule has 0 aliphatic rings. The Balaban J connectivity index is 1.65. The average Bonchev–Trinajstić information content (AvgIpc) is 2.91. The largest absolute Gasteiger partial charge is 0.355 e. The second kappa shape index (κ2) is 7.58. The molecule has 0 saturated carbocycles. The molecule has 1 heterocycles. The minimum Gasteiger partial charge on any atom is -0.355 e. The minimum atomic E-state index is 0.0662. The molecule has 0 saturated heterocycles. The van der Waals surface area contributed by atoms with E-state index in [1.54, 1.807) is 11.3 Å². The highest BCUT2D eigenvalue weighted by Crippen LogP contribution is 2.19. The molecular formula is C14H14ClNOS2. The molecule has 2 nitrogen and oxygen atoms in total. The highest BCUT2D eigenvalue weighted by molar-refractivity contribution is 8.00. The molecule has 1 aromatic carbocycles. The molecule has 0 aliphatic heterocycles. The molecule has 0 atom stereocenters. The number of hydrogen-bond donors (Lipinski definition) is 1. The molecule has 0 radical (unpaired) electrons. The quantitative estimate of drug-likeness (QED) is 0.821. The van der Waals surface area contributed by atoms with Crippen LogP contribution in [0.15, 0.2) is 46.7 Å². The van der Waals surface area contributed by atoms with Crippen LogP contribution in [0.5, 0.6) is 0 Å². The summed E-state index contributed by atoms with van der Waals surface area (Å²) in [5.41, 5.74) is 0. The number of carbonyl (C=O) groups excluding carboxylic acids is 1. The summed E-state index contributed by atoms with van der Waals surface area (Å²) in [6.07, 6.45) is 0.898. The van der Waals surface area contributed by atoms with Crippen LogP contribution >= 0.6 is 34.7 Å². The first-order valence-corrected chi connectivity index (χ1v) is 8.16. The SMILES string of the molecule is O=C(CSc1ccc(Cl)cc1)NCCc1cccs1. The van der Waals surface area contributed by atoms with Crippen molar-refractivity contribution in [1.82, 2.24) is 5.32 Å². The lowest BCUT2D eigenvalue weighted by Gasteiger charge is -2.04. The van der Waals surface area contributed by atoms with Crippen molar-refractivity contribution < 1.29 is 4.79 Å². The summed E-state index contributed by atoms with van der Waals surface area (Å²) >= 11 is 9.04. The summed E-state index contributed by atoms with van der Waals surface area (Å²) in [6, 6.07) is 11.6. The average molecular weight is 312 g/mol. The van der Waals surface area contributed by atoms with Crippen molar-refractivity contribution in [1.29, 1.82) is 0 Å². The number of thioether (sulfide) groups is 1. The molecule has 1 N–H and O–H groups in total. The zero-order valence-electron chi connectivity index (χ0n) is 10.3. The van der Waals surface area contributed by atoms with Gasteiger partial charge in [-0.1, -0.05) is 17.7 Å². The van der Waals surface area contributed by atoms with Crippen LogP contribution in [0.3, 0.4) is 0 Å². The molecule has 2 aromatic rings. The molecule has 2 rings (SSSR count). The van der Waals surface area contributed by atoms with E-state index in [0.29, 0.717) is 17.3 Å². The van der Waals surface area contributed by atoms with Crippen molar-refractivity contribution in [2.24, 2.45) is 0 Å². The van der Waals surface area contributed by atoms with Gasteiger partial charge in [-0.25, -0.2) is 0 Å². The fourth-order valence-corrected chi connectivity index (χ4v) is 3.07. The lowest BCUT2D eigenvalue weighted by atomic mass is 10.3. The fraction of sp³-hybridized carbons (Fsp3) is 0.214. The topological polar surface area (TPSA) is 29.1 Å². The molecule has 1 amide bonds. The van der Waals surface area contributed by atoms with Gasteiger partial charge in [-0.2, -0.15) is 0 Å². The Morgan fingerprint density at radius 1 is 1.26 bits per heavy atom. The maximum absolute atomic E-state index is 11.7. The Bertz CT molecular complexity index is 511. The van der Waals surface area contributed by atoms with Gasteiger partial charge in [0.05, 0.1) is 5.75 Å².